The molecule has 11 heavy (non-hydrogen) atoms. The third-order valence-corrected chi connectivity index (χ3v) is 2.85. The Morgan fingerprint density at radius 1 is 1.45 bits per heavy atom. The molecule has 1 saturated heterocycles. The zero-order chi connectivity index (χ0) is 7.84. The minimum Gasteiger partial charge on any atom is -0.370 e. The molecule has 0 bridgehead atoms. The predicted octanol–water partition coefficient (Wildman–Crippen LogP) is 2.32. The molecule has 0 N–H and O–H groups in total. The first-order chi connectivity index (χ1) is 5.33. The number of nitrogens with zero attached hydrogens (tertiary/aromatic N) is 1. The first-order valence-corrected chi connectivity index (χ1v) is 4.43. The second kappa shape index (κ2) is 2.40. The molecule has 1 nitrogen and oxygen atoms in total. The minimum absolute atomic E-state index is 1.18. The molecule has 1 fully saturated rings. The van der Waals surface area contributed by atoms with E-state index in [1.807, 2.05) is 0 Å². The van der Waals surface area contributed by atoms with Crippen LogP contribution in [0.5, 0.6) is 0 Å². The lowest BCUT2D eigenvalue weighted by atomic mass is 10.1. The van der Waals surface area contributed by atoms with Crippen molar-refractivity contribution in [1.82, 2.24) is 4.90 Å². The van der Waals surface area contributed by atoms with Gasteiger partial charge in [-0.25, -0.2) is 0 Å². The summed E-state index contributed by atoms with van der Waals surface area (Å²) in [6.07, 6.45) is 4.92. The highest BCUT2D eigenvalue weighted by atomic mass is 15.2. The van der Waals surface area contributed by atoms with Crippen LogP contribution in [0.1, 0.15) is 26.7 Å². The summed E-state index contributed by atoms with van der Waals surface area (Å²) in [5.74, 6) is 0. The minimum atomic E-state index is 1.18. The fourth-order valence-electron chi connectivity index (χ4n) is 2.15. The SMILES string of the molecule is C/C=C1/CN2CCCC2=C1C. The average Bonchev–Trinajstić information content (AvgIpc) is 2.53. The van der Waals surface area contributed by atoms with Crippen molar-refractivity contribution in [2.24, 2.45) is 0 Å². The summed E-state index contributed by atoms with van der Waals surface area (Å²) >= 11 is 0. The quantitative estimate of drug-likeness (QED) is 0.511. The van der Waals surface area contributed by atoms with Gasteiger partial charge in [-0.3, -0.25) is 0 Å². The van der Waals surface area contributed by atoms with Crippen molar-refractivity contribution in [3.05, 3.63) is 22.9 Å². The van der Waals surface area contributed by atoms with Gasteiger partial charge in [0, 0.05) is 18.8 Å². The topological polar surface area (TPSA) is 3.24 Å². The molecule has 2 rings (SSSR count). The summed E-state index contributed by atoms with van der Waals surface area (Å²) < 4.78 is 0. The molecule has 2 heterocycles. The van der Waals surface area contributed by atoms with E-state index in [1.165, 1.54) is 25.9 Å². The van der Waals surface area contributed by atoms with Gasteiger partial charge in [-0.15, -0.1) is 0 Å². The molecule has 0 aromatic rings. The largest absolute Gasteiger partial charge is 0.370 e. The average molecular weight is 149 g/mol. The van der Waals surface area contributed by atoms with Gasteiger partial charge in [0.15, 0.2) is 0 Å². The first kappa shape index (κ1) is 6.96. The molecular weight excluding hydrogens is 134 g/mol. The fraction of sp³-hybridized carbons (Fsp3) is 0.600. The summed E-state index contributed by atoms with van der Waals surface area (Å²) in [7, 11) is 0. The lowest BCUT2D eigenvalue weighted by molar-refractivity contribution is 0.448. The molecule has 0 spiro atoms. The van der Waals surface area contributed by atoms with Crippen LogP contribution < -0.4 is 0 Å². The number of allylic oxidation sites excluding steroid dienone is 2. The van der Waals surface area contributed by atoms with Crippen LogP contribution in [0.25, 0.3) is 0 Å². The Morgan fingerprint density at radius 2 is 2.27 bits per heavy atom. The van der Waals surface area contributed by atoms with Crippen LogP contribution >= 0.6 is 0 Å². The van der Waals surface area contributed by atoms with E-state index >= 15 is 0 Å². The molecule has 2 aliphatic heterocycles. The highest BCUT2D eigenvalue weighted by Gasteiger charge is 2.26. The second-order valence-corrected chi connectivity index (χ2v) is 3.41. The highest BCUT2D eigenvalue weighted by molar-refractivity contribution is 5.41. The van der Waals surface area contributed by atoms with E-state index in [4.69, 9.17) is 0 Å². The van der Waals surface area contributed by atoms with E-state index in [-0.39, 0.29) is 0 Å². The van der Waals surface area contributed by atoms with Crippen molar-refractivity contribution in [1.29, 1.82) is 0 Å². The lowest BCUT2D eigenvalue weighted by Gasteiger charge is -2.11. The molecular formula is C10H15N. The predicted molar refractivity (Wildman–Crippen MR) is 47.3 cm³/mol. The lowest BCUT2D eigenvalue weighted by Crippen LogP contribution is -2.14. The van der Waals surface area contributed by atoms with Crippen molar-refractivity contribution in [2.75, 3.05) is 13.1 Å². The van der Waals surface area contributed by atoms with Crippen LogP contribution in [0.2, 0.25) is 0 Å². The van der Waals surface area contributed by atoms with Gasteiger partial charge in [0.25, 0.3) is 0 Å². The molecule has 0 aromatic carbocycles. The van der Waals surface area contributed by atoms with Gasteiger partial charge >= 0.3 is 0 Å². The van der Waals surface area contributed by atoms with Gasteiger partial charge in [0.2, 0.25) is 0 Å². The van der Waals surface area contributed by atoms with Gasteiger partial charge in [-0.2, -0.15) is 0 Å². The van der Waals surface area contributed by atoms with Crippen molar-refractivity contribution >= 4 is 0 Å². The maximum Gasteiger partial charge on any atom is 0.0426 e. The zero-order valence-corrected chi connectivity index (χ0v) is 7.35. The van der Waals surface area contributed by atoms with Crippen LogP contribution in [0.4, 0.5) is 0 Å². The molecule has 0 saturated carbocycles. The molecule has 2 aliphatic rings. The van der Waals surface area contributed by atoms with Crippen molar-refractivity contribution in [2.45, 2.75) is 26.7 Å². The Labute approximate surface area is 68.4 Å². The molecule has 0 amide bonds. The smallest absolute Gasteiger partial charge is 0.0426 e. The molecule has 0 aliphatic carbocycles. The Kier molecular flexibility index (Phi) is 1.52. The molecule has 0 atom stereocenters. The van der Waals surface area contributed by atoms with E-state index < -0.39 is 0 Å². The number of rotatable bonds is 0. The molecule has 0 unspecified atom stereocenters. The fourth-order valence-corrected chi connectivity index (χ4v) is 2.15. The monoisotopic (exact) mass is 149 g/mol. The normalized spacial score (nSPS) is 27.1. The van der Waals surface area contributed by atoms with E-state index in [1.54, 1.807) is 16.8 Å². The van der Waals surface area contributed by atoms with Gasteiger partial charge < -0.3 is 4.90 Å². The van der Waals surface area contributed by atoms with Crippen LogP contribution in [-0.2, 0) is 0 Å². The molecule has 0 aromatic heterocycles. The summed E-state index contributed by atoms with van der Waals surface area (Å²) in [6.45, 7) is 6.86. The molecule has 0 radical (unpaired) electrons. The standard InChI is InChI=1S/C10H15N/c1-3-9-7-11-6-4-5-10(11)8(9)2/h3H,4-7H2,1-2H3/b9-3-. The number of fused-ring (bicyclic) bond motifs is 1. The van der Waals surface area contributed by atoms with Crippen molar-refractivity contribution in [3.8, 4) is 0 Å². The summed E-state index contributed by atoms with van der Waals surface area (Å²) in [5.41, 5.74) is 4.70. The van der Waals surface area contributed by atoms with Crippen LogP contribution in [0, 0.1) is 0 Å². The maximum absolute atomic E-state index is 2.52. The van der Waals surface area contributed by atoms with Gasteiger partial charge in [0.1, 0.15) is 0 Å². The second-order valence-electron chi connectivity index (χ2n) is 3.41. The summed E-state index contributed by atoms with van der Waals surface area (Å²) in [5, 5.41) is 0. The molecule has 60 valence electrons. The third-order valence-electron chi connectivity index (χ3n) is 2.85. The summed E-state index contributed by atoms with van der Waals surface area (Å²) in [6, 6.07) is 0. The van der Waals surface area contributed by atoms with Crippen molar-refractivity contribution < 1.29 is 0 Å². The van der Waals surface area contributed by atoms with Crippen LogP contribution in [0.3, 0.4) is 0 Å². The number of hydrogen-bond donors (Lipinski definition) is 0. The highest BCUT2D eigenvalue weighted by Crippen LogP contribution is 2.34. The van der Waals surface area contributed by atoms with Crippen molar-refractivity contribution in [3.63, 3.8) is 0 Å². The molecule has 1 heteroatoms. The van der Waals surface area contributed by atoms with Gasteiger partial charge in [-0.05, 0) is 37.8 Å². The Hall–Kier alpha value is -0.720. The first-order valence-electron chi connectivity index (χ1n) is 4.43. The number of hydrogen-bond acceptors (Lipinski definition) is 1. The maximum atomic E-state index is 2.52. The Bertz CT molecular complexity index is 235. The van der Waals surface area contributed by atoms with Crippen LogP contribution in [0.15, 0.2) is 22.9 Å². The summed E-state index contributed by atoms with van der Waals surface area (Å²) in [4.78, 5) is 2.52. The van der Waals surface area contributed by atoms with Gasteiger partial charge in [0.05, 0.1) is 0 Å². The Morgan fingerprint density at radius 3 is 2.91 bits per heavy atom. The van der Waals surface area contributed by atoms with E-state index in [2.05, 4.69) is 24.8 Å². The zero-order valence-electron chi connectivity index (χ0n) is 7.35. The Balaban J connectivity index is 2.35. The van der Waals surface area contributed by atoms with Gasteiger partial charge in [-0.1, -0.05) is 6.08 Å². The van der Waals surface area contributed by atoms with E-state index in [9.17, 15) is 0 Å². The van der Waals surface area contributed by atoms with E-state index in [0.29, 0.717) is 0 Å². The van der Waals surface area contributed by atoms with E-state index in [0.717, 1.165) is 0 Å². The third kappa shape index (κ3) is 0.907. The van der Waals surface area contributed by atoms with Crippen LogP contribution in [-0.4, -0.2) is 18.0 Å².